The van der Waals surface area contributed by atoms with Gasteiger partial charge in [-0.15, -0.1) is 0 Å². The highest BCUT2D eigenvalue weighted by Gasteiger charge is 2.39. The fraction of sp³-hybridized carbons (Fsp3) is 0.0833. The van der Waals surface area contributed by atoms with Crippen molar-refractivity contribution in [3.8, 4) is 17.2 Å². The van der Waals surface area contributed by atoms with E-state index in [9.17, 15) is 22.4 Å². The molecule has 0 aliphatic heterocycles. The fourth-order valence-electron chi connectivity index (χ4n) is 1.75. The van der Waals surface area contributed by atoms with Crippen LogP contribution >= 0.6 is 0 Å². The highest BCUT2D eigenvalue weighted by atomic mass is 19.4. The Morgan fingerprint density at radius 1 is 1.38 bits per heavy atom. The maximum absolute atomic E-state index is 13.2. The van der Waals surface area contributed by atoms with Gasteiger partial charge in [-0.2, -0.15) is 23.5 Å². The van der Waals surface area contributed by atoms with E-state index >= 15 is 0 Å². The third-order valence-electron chi connectivity index (χ3n) is 2.63. The first-order valence-electron chi connectivity index (χ1n) is 5.34. The molecule has 0 amide bonds. The second-order valence-corrected chi connectivity index (χ2v) is 3.93. The summed E-state index contributed by atoms with van der Waals surface area (Å²) in [4.78, 5) is 11.0. The van der Waals surface area contributed by atoms with Crippen molar-refractivity contribution in [2.24, 2.45) is 0 Å². The van der Waals surface area contributed by atoms with Crippen LogP contribution in [-0.4, -0.2) is 21.3 Å². The number of rotatable bonds is 2. The number of carboxylic acid groups (broad SMARTS) is 1. The smallest absolute Gasteiger partial charge is 0.433 e. The average molecular weight is 299 g/mol. The number of hydrogen-bond donors (Lipinski definition) is 2. The monoisotopic (exact) mass is 299 g/mol. The molecule has 1 aromatic heterocycles. The minimum Gasteiger partial charge on any atom is -0.476 e. The Bertz CT molecular complexity index is 759. The lowest BCUT2D eigenvalue weighted by Gasteiger charge is -2.08. The Morgan fingerprint density at radius 3 is 2.57 bits per heavy atom. The molecule has 0 saturated carbocycles. The number of aromatic nitrogens is 2. The standard InChI is InChI=1S/C12H5F4N3O2/c13-7-2-1-5(3-6(7)4-17)8-9(11(20)21)18-19-10(8)12(14,15)16/h1-3H,(H,18,19)(H,20,21). The number of hydrogen-bond acceptors (Lipinski definition) is 3. The molecule has 0 radical (unpaired) electrons. The number of alkyl halides is 3. The molecule has 2 rings (SSSR count). The van der Waals surface area contributed by atoms with Crippen LogP contribution in [0.4, 0.5) is 17.6 Å². The third-order valence-corrected chi connectivity index (χ3v) is 2.63. The van der Waals surface area contributed by atoms with Gasteiger partial charge >= 0.3 is 12.1 Å². The van der Waals surface area contributed by atoms with Crippen LogP contribution < -0.4 is 0 Å². The van der Waals surface area contributed by atoms with Gasteiger partial charge in [-0.1, -0.05) is 6.07 Å². The summed E-state index contributed by atoms with van der Waals surface area (Å²) in [6.07, 6.45) is -4.88. The van der Waals surface area contributed by atoms with Crippen molar-refractivity contribution in [2.75, 3.05) is 0 Å². The van der Waals surface area contributed by atoms with Crippen molar-refractivity contribution in [3.63, 3.8) is 0 Å². The van der Waals surface area contributed by atoms with Crippen molar-refractivity contribution < 1.29 is 27.5 Å². The van der Waals surface area contributed by atoms with Gasteiger partial charge in [-0.25, -0.2) is 9.18 Å². The predicted octanol–water partition coefficient (Wildman–Crippen LogP) is 2.80. The van der Waals surface area contributed by atoms with Crippen molar-refractivity contribution in [1.82, 2.24) is 10.2 Å². The molecule has 9 heteroatoms. The summed E-state index contributed by atoms with van der Waals surface area (Å²) in [6, 6.07) is 4.04. The quantitative estimate of drug-likeness (QED) is 0.834. The number of H-pyrrole nitrogens is 1. The van der Waals surface area contributed by atoms with Crippen LogP contribution in [0.15, 0.2) is 18.2 Å². The molecule has 21 heavy (non-hydrogen) atoms. The molecular formula is C12H5F4N3O2. The molecule has 2 N–H and O–H groups in total. The number of halogens is 4. The largest absolute Gasteiger partial charge is 0.476 e. The minimum atomic E-state index is -4.88. The third kappa shape index (κ3) is 2.55. The van der Waals surface area contributed by atoms with Crippen LogP contribution in [-0.2, 0) is 6.18 Å². The maximum atomic E-state index is 13.2. The van der Waals surface area contributed by atoms with E-state index in [1.165, 1.54) is 6.07 Å². The summed E-state index contributed by atoms with van der Waals surface area (Å²) in [5, 5.41) is 22.3. The number of aromatic carboxylic acids is 1. The van der Waals surface area contributed by atoms with E-state index in [4.69, 9.17) is 10.4 Å². The van der Waals surface area contributed by atoms with Crippen molar-refractivity contribution >= 4 is 5.97 Å². The number of carbonyl (C=O) groups is 1. The number of nitrogens with one attached hydrogen (secondary N) is 1. The Hall–Kier alpha value is -2.89. The number of aromatic amines is 1. The van der Waals surface area contributed by atoms with Gasteiger partial charge in [-0.3, -0.25) is 5.10 Å². The second-order valence-electron chi connectivity index (χ2n) is 3.93. The summed E-state index contributed by atoms with van der Waals surface area (Å²) in [7, 11) is 0. The van der Waals surface area contributed by atoms with Gasteiger partial charge in [-0.05, 0) is 17.7 Å². The molecule has 0 spiro atoms. The first-order valence-corrected chi connectivity index (χ1v) is 5.34. The molecule has 0 fully saturated rings. The van der Waals surface area contributed by atoms with E-state index in [0.29, 0.717) is 0 Å². The Kier molecular flexibility index (Phi) is 3.39. The van der Waals surface area contributed by atoms with E-state index in [1.807, 2.05) is 0 Å². The van der Waals surface area contributed by atoms with Crippen LogP contribution in [0, 0.1) is 17.1 Å². The van der Waals surface area contributed by atoms with E-state index < -0.39 is 40.5 Å². The molecule has 0 bridgehead atoms. The maximum Gasteiger partial charge on any atom is 0.433 e. The van der Waals surface area contributed by atoms with Crippen molar-refractivity contribution in [3.05, 3.63) is 41.0 Å². The highest BCUT2D eigenvalue weighted by molar-refractivity contribution is 5.95. The Morgan fingerprint density at radius 2 is 2.05 bits per heavy atom. The fourth-order valence-corrected chi connectivity index (χ4v) is 1.75. The summed E-state index contributed by atoms with van der Waals surface area (Å²) < 4.78 is 51.8. The number of benzene rings is 1. The number of nitriles is 1. The van der Waals surface area contributed by atoms with Crippen LogP contribution in [0.5, 0.6) is 0 Å². The SMILES string of the molecule is N#Cc1cc(-c2c(C(=O)O)n[nH]c2C(F)(F)F)ccc1F. The lowest BCUT2D eigenvalue weighted by molar-refractivity contribution is -0.140. The van der Waals surface area contributed by atoms with Gasteiger partial charge in [0.15, 0.2) is 5.69 Å². The van der Waals surface area contributed by atoms with Crippen LogP contribution in [0.25, 0.3) is 11.1 Å². The van der Waals surface area contributed by atoms with Gasteiger partial charge in [0.2, 0.25) is 0 Å². The van der Waals surface area contributed by atoms with E-state index in [1.54, 1.807) is 5.10 Å². The summed E-state index contributed by atoms with van der Waals surface area (Å²) >= 11 is 0. The van der Waals surface area contributed by atoms with Crippen molar-refractivity contribution in [1.29, 1.82) is 5.26 Å². The van der Waals surface area contributed by atoms with E-state index in [2.05, 4.69) is 5.10 Å². The van der Waals surface area contributed by atoms with Gasteiger partial charge in [0, 0.05) is 5.56 Å². The zero-order valence-electron chi connectivity index (χ0n) is 9.99. The van der Waals surface area contributed by atoms with Gasteiger partial charge in [0.1, 0.15) is 17.6 Å². The molecule has 2 aromatic rings. The molecule has 1 aromatic carbocycles. The Labute approximate surface area is 114 Å². The number of nitrogens with zero attached hydrogens (tertiary/aromatic N) is 2. The first-order chi connectivity index (χ1) is 9.75. The lowest BCUT2D eigenvalue weighted by Crippen LogP contribution is -2.08. The summed E-state index contributed by atoms with van der Waals surface area (Å²) in [5.41, 5.74) is -3.76. The zero-order chi connectivity index (χ0) is 15.8. The normalized spacial score (nSPS) is 11.2. The number of carboxylic acids is 1. The highest BCUT2D eigenvalue weighted by Crippen LogP contribution is 2.37. The Balaban J connectivity index is 2.76. The van der Waals surface area contributed by atoms with Crippen LogP contribution in [0.3, 0.4) is 0 Å². The predicted molar refractivity (Wildman–Crippen MR) is 60.7 cm³/mol. The average Bonchev–Trinajstić information content (AvgIpc) is 2.84. The van der Waals surface area contributed by atoms with Gasteiger partial charge in [0.25, 0.3) is 0 Å². The molecule has 108 valence electrons. The molecule has 0 aliphatic carbocycles. The minimum absolute atomic E-state index is 0.272. The van der Waals surface area contributed by atoms with Gasteiger partial charge in [0.05, 0.1) is 5.56 Å². The summed E-state index contributed by atoms with van der Waals surface area (Å²) in [5.74, 6) is -2.60. The molecule has 0 saturated heterocycles. The molecule has 0 atom stereocenters. The molecule has 0 aliphatic rings. The molecule has 1 heterocycles. The topological polar surface area (TPSA) is 89.8 Å². The molecule has 5 nitrogen and oxygen atoms in total. The first kappa shape index (κ1) is 14.5. The van der Waals surface area contributed by atoms with E-state index in [-0.39, 0.29) is 5.56 Å². The second kappa shape index (κ2) is 4.90. The van der Waals surface area contributed by atoms with Crippen LogP contribution in [0.2, 0.25) is 0 Å². The molecular weight excluding hydrogens is 294 g/mol. The van der Waals surface area contributed by atoms with Gasteiger partial charge < -0.3 is 5.11 Å². The summed E-state index contributed by atoms with van der Waals surface area (Å²) in [6.45, 7) is 0. The van der Waals surface area contributed by atoms with Crippen molar-refractivity contribution in [2.45, 2.75) is 6.18 Å². The van der Waals surface area contributed by atoms with E-state index in [0.717, 1.165) is 18.2 Å². The zero-order valence-corrected chi connectivity index (χ0v) is 9.99. The molecule has 0 unspecified atom stereocenters. The van der Waals surface area contributed by atoms with Crippen LogP contribution in [0.1, 0.15) is 21.7 Å². The lowest BCUT2D eigenvalue weighted by atomic mass is 10.0.